The summed E-state index contributed by atoms with van der Waals surface area (Å²) in [4.78, 5) is 3.95. The van der Waals surface area contributed by atoms with E-state index in [9.17, 15) is 8.78 Å². The Labute approximate surface area is 106 Å². The zero-order valence-electron chi connectivity index (χ0n) is 8.62. The van der Waals surface area contributed by atoms with Crippen LogP contribution in [0, 0.1) is 11.6 Å². The van der Waals surface area contributed by atoms with Crippen LogP contribution in [0.4, 0.5) is 8.78 Å². The van der Waals surface area contributed by atoms with Gasteiger partial charge in [-0.1, -0.05) is 0 Å². The molecule has 1 heterocycles. The molecule has 0 aliphatic heterocycles. The average Bonchev–Trinajstić information content (AvgIpc) is 2.80. The van der Waals surface area contributed by atoms with Crippen LogP contribution in [-0.2, 0) is 12.5 Å². The summed E-state index contributed by atoms with van der Waals surface area (Å²) in [5.41, 5.74) is 0.378. The first kappa shape index (κ1) is 12.3. The minimum Gasteiger partial charge on any atom is -0.480 e. The molecule has 0 radical (unpaired) electrons. The Balaban J connectivity index is 2.15. The second-order valence-electron chi connectivity index (χ2n) is 3.24. The predicted molar refractivity (Wildman–Crippen MR) is 62.4 cm³/mol. The van der Waals surface area contributed by atoms with Crippen LogP contribution in [0.15, 0.2) is 23.7 Å². The number of nitrogens with zero attached hydrogens (tertiary/aromatic N) is 1. The number of hydrogen-bond acceptors (Lipinski definition) is 3. The number of alkyl halides is 1. The van der Waals surface area contributed by atoms with Gasteiger partial charge in [0, 0.05) is 17.5 Å². The fraction of sp³-hybridized carbons (Fsp3) is 0.182. The summed E-state index contributed by atoms with van der Waals surface area (Å²) >= 11 is 6.86. The predicted octanol–water partition coefficient (Wildman–Crippen LogP) is 3.74. The summed E-state index contributed by atoms with van der Waals surface area (Å²) < 4.78 is 32.0. The van der Waals surface area contributed by atoms with Crippen LogP contribution in [0.2, 0.25) is 0 Å². The van der Waals surface area contributed by atoms with E-state index < -0.39 is 17.4 Å². The SMILES string of the molecule is Fc1cc(CCl)cc(F)c1OCc1nccs1. The van der Waals surface area contributed by atoms with Gasteiger partial charge in [-0.15, -0.1) is 22.9 Å². The second kappa shape index (κ2) is 5.42. The molecule has 0 aliphatic rings. The van der Waals surface area contributed by atoms with Gasteiger partial charge < -0.3 is 4.74 Å². The van der Waals surface area contributed by atoms with Crippen molar-refractivity contribution in [3.63, 3.8) is 0 Å². The van der Waals surface area contributed by atoms with Crippen molar-refractivity contribution in [2.45, 2.75) is 12.5 Å². The van der Waals surface area contributed by atoms with Crippen molar-refractivity contribution in [2.75, 3.05) is 0 Å². The van der Waals surface area contributed by atoms with Gasteiger partial charge in [0.2, 0.25) is 0 Å². The van der Waals surface area contributed by atoms with Gasteiger partial charge in [0.25, 0.3) is 0 Å². The first-order valence-electron chi connectivity index (χ1n) is 4.75. The summed E-state index contributed by atoms with van der Waals surface area (Å²) in [6.45, 7) is 0.0473. The van der Waals surface area contributed by atoms with Gasteiger partial charge in [0.15, 0.2) is 17.4 Å². The van der Waals surface area contributed by atoms with Crippen LogP contribution < -0.4 is 4.74 Å². The Morgan fingerprint density at radius 1 is 1.29 bits per heavy atom. The molecule has 0 bridgehead atoms. The van der Waals surface area contributed by atoms with E-state index in [1.54, 1.807) is 11.6 Å². The number of thiazole rings is 1. The normalized spacial score (nSPS) is 10.5. The Hall–Kier alpha value is -1.20. The van der Waals surface area contributed by atoms with E-state index in [1.807, 2.05) is 0 Å². The summed E-state index contributed by atoms with van der Waals surface area (Å²) in [6.07, 6.45) is 1.60. The molecule has 2 nitrogen and oxygen atoms in total. The van der Waals surface area contributed by atoms with E-state index in [0.717, 1.165) is 12.1 Å². The molecule has 0 saturated carbocycles. The van der Waals surface area contributed by atoms with Crippen molar-refractivity contribution in [1.29, 1.82) is 0 Å². The van der Waals surface area contributed by atoms with Crippen molar-refractivity contribution in [1.82, 2.24) is 4.98 Å². The molecule has 0 unspecified atom stereocenters. The molecule has 0 fully saturated rings. The van der Waals surface area contributed by atoms with Crippen LogP contribution in [0.3, 0.4) is 0 Å². The molecule has 2 rings (SSSR count). The lowest BCUT2D eigenvalue weighted by Crippen LogP contribution is -2.00. The third-order valence-electron chi connectivity index (χ3n) is 2.04. The zero-order valence-corrected chi connectivity index (χ0v) is 10.2. The minimum atomic E-state index is -0.753. The summed E-state index contributed by atoms with van der Waals surface area (Å²) in [5.74, 6) is -1.84. The largest absolute Gasteiger partial charge is 0.480 e. The molecule has 6 heteroatoms. The van der Waals surface area contributed by atoms with Gasteiger partial charge in [-0.2, -0.15) is 0 Å². The summed E-state index contributed by atoms with van der Waals surface area (Å²) in [7, 11) is 0. The summed E-state index contributed by atoms with van der Waals surface area (Å²) in [6, 6.07) is 2.32. The number of halogens is 3. The Morgan fingerprint density at radius 2 is 2.00 bits per heavy atom. The fourth-order valence-electron chi connectivity index (χ4n) is 1.29. The van der Waals surface area contributed by atoms with Gasteiger partial charge in [0.05, 0.1) is 0 Å². The third-order valence-corrected chi connectivity index (χ3v) is 3.10. The Kier molecular flexibility index (Phi) is 3.91. The van der Waals surface area contributed by atoms with E-state index in [0.29, 0.717) is 10.6 Å². The van der Waals surface area contributed by atoms with Gasteiger partial charge in [-0.05, 0) is 17.7 Å². The van der Waals surface area contributed by atoms with Gasteiger partial charge in [-0.25, -0.2) is 13.8 Å². The van der Waals surface area contributed by atoms with Crippen molar-refractivity contribution in [3.8, 4) is 5.75 Å². The van der Waals surface area contributed by atoms with Crippen molar-refractivity contribution < 1.29 is 13.5 Å². The van der Waals surface area contributed by atoms with Crippen LogP contribution in [0.25, 0.3) is 0 Å². The molecule has 0 atom stereocenters. The molecular weight excluding hydrogens is 268 g/mol. The number of hydrogen-bond donors (Lipinski definition) is 0. The van der Waals surface area contributed by atoms with E-state index in [-0.39, 0.29) is 12.5 Å². The van der Waals surface area contributed by atoms with Crippen LogP contribution in [0.1, 0.15) is 10.6 Å². The highest BCUT2D eigenvalue weighted by Crippen LogP contribution is 2.25. The fourth-order valence-corrected chi connectivity index (χ4v) is 1.97. The molecule has 2 aromatic rings. The second-order valence-corrected chi connectivity index (χ2v) is 4.48. The molecule has 0 aliphatic carbocycles. The van der Waals surface area contributed by atoms with Crippen molar-refractivity contribution in [2.24, 2.45) is 0 Å². The van der Waals surface area contributed by atoms with Crippen molar-refractivity contribution in [3.05, 3.63) is 45.9 Å². The lowest BCUT2D eigenvalue weighted by molar-refractivity contribution is 0.273. The molecular formula is C11H8ClF2NOS. The highest BCUT2D eigenvalue weighted by atomic mass is 35.5. The highest BCUT2D eigenvalue weighted by molar-refractivity contribution is 7.09. The third kappa shape index (κ3) is 2.92. The number of benzene rings is 1. The Bertz CT molecular complexity index is 481. The standard InChI is InChI=1S/C11H8ClF2NOS/c12-5-7-3-8(13)11(9(14)4-7)16-6-10-15-1-2-17-10/h1-4H,5-6H2. The van der Waals surface area contributed by atoms with Crippen LogP contribution in [0.5, 0.6) is 5.75 Å². The number of ether oxygens (including phenoxy) is 1. The van der Waals surface area contributed by atoms with Crippen molar-refractivity contribution >= 4 is 22.9 Å². The summed E-state index contributed by atoms with van der Waals surface area (Å²) in [5, 5.41) is 2.42. The van der Waals surface area contributed by atoms with Gasteiger partial charge in [0.1, 0.15) is 11.6 Å². The quantitative estimate of drug-likeness (QED) is 0.793. The van der Waals surface area contributed by atoms with Crippen LogP contribution in [-0.4, -0.2) is 4.98 Å². The maximum absolute atomic E-state index is 13.5. The molecule has 0 saturated heterocycles. The first-order chi connectivity index (χ1) is 8.20. The maximum Gasteiger partial charge on any atom is 0.191 e. The average molecular weight is 276 g/mol. The molecule has 0 spiro atoms. The van der Waals surface area contributed by atoms with Gasteiger partial charge >= 0.3 is 0 Å². The number of rotatable bonds is 4. The minimum absolute atomic E-state index is 0.0473. The van der Waals surface area contributed by atoms with Gasteiger partial charge in [-0.3, -0.25) is 0 Å². The maximum atomic E-state index is 13.5. The molecule has 0 amide bonds. The molecule has 1 aromatic heterocycles. The lowest BCUT2D eigenvalue weighted by atomic mass is 10.2. The smallest absolute Gasteiger partial charge is 0.191 e. The molecule has 17 heavy (non-hydrogen) atoms. The molecule has 90 valence electrons. The number of aromatic nitrogens is 1. The zero-order chi connectivity index (χ0) is 12.3. The van der Waals surface area contributed by atoms with E-state index in [2.05, 4.69) is 4.98 Å². The highest BCUT2D eigenvalue weighted by Gasteiger charge is 2.13. The van der Waals surface area contributed by atoms with E-state index in [4.69, 9.17) is 16.3 Å². The lowest BCUT2D eigenvalue weighted by Gasteiger charge is -2.07. The Morgan fingerprint density at radius 3 is 2.53 bits per heavy atom. The molecule has 0 N–H and O–H groups in total. The first-order valence-corrected chi connectivity index (χ1v) is 6.17. The van der Waals surface area contributed by atoms with E-state index >= 15 is 0 Å². The monoisotopic (exact) mass is 275 g/mol. The van der Waals surface area contributed by atoms with E-state index in [1.165, 1.54) is 11.3 Å². The molecule has 1 aromatic carbocycles. The van der Waals surface area contributed by atoms with Crippen LogP contribution >= 0.6 is 22.9 Å². The topological polar surface area (TPSA) is 22.1 Å².